The minimum absolute atomic E-state index is 0.141. The van der Waals surface area contributed by atoms with E-state index in [1.807, 2.05) is 0 Å². The molecule has 0 spiro atoms. The predicted octanol–water partition coefficient (Wildman–Crippen LogP) is 1.24. The molecule has 0 unspecified atom stereocenters. The van der Waals surface area contributed by atoms with Gasteiger partial charge in [-0.25, -0.2) is 0 Å². The van der Waals surface area contributed by atoms with Crippen LogP contribution in [0.15, 0.2) is 0 Å². The number of hydrogen-bond donors (Lipinski definition) is 2. The number of hydrogen-bond acceptors (Lipinski definition) is 3. The molecule has 3 nitrogen and oxygen atoms in total. The van der Waals surface area contributed by atoms with Gasteiger partial charge in [-0.15, -0.1) is 0 Å². The molecule has 2 heterocycles. The van der Waals surface area contributed by atoms with Crippen molar-refractivity contribution >= 4 is 22.6 Å². The molecule has 2 bridgehead atoms. The topological polar surface area (TPSA) is 49.7 Å². The van der Waals surface area contributed by atoms with Gasteiger partial charge in [0.1, 0.15) is 6.10 Å². The van der Waals surface area contributed by atoms with E-state index in [9.17, 15) is 10.2 Å². The van der Waals surface area contributed by atoms with Crippen LogP contribution in [-0.2, 0) is 4.74 Å². The molecule has 0 radical (unpaired) electrons. The van der Waals surface area contributed by atoms with Crippen molar-refractivity contribution in [3.8, 4) is 0 Å². The van der Waals surface area contributed by atoms with Crippen LogP contribution in [-0.4, -0.2) is 38.6 Å². The van der Waals surface area contributed by atoms with Crippen molar-refractivity contribution in [3.05, 3.63) is 0 Å². The summed E-state index contributed by atoms with van der Waals surface area (Å²) in [5.74, 6) is 0. The van der Waals surface area contributed by atoms with E-state index < -0.39 is 12.2 Å². The predicted molar refractivity (Wildman–Crippen MR) is 61.6 cm³/mol. The van der Waals surface area contributed by atoms with Gasteiger partial charge in [0.15, 0.2) is 0 Å². The molecule has 0 aromatic heterocycles. The monoisotopic (exact) mass is 312 g/mol. The lowest BCUT2D eigenvalue weighted by Gasteiger charge is -2.24. The molecule has 0 aromatic rings. The average molecular weight is 312 g/mol. The third-order valence-corrected chi connectivity index (χ3v) is 4.67. The van der Waals surface area contributed by atoms with Crippen LogP contribution in [0.2, 0.25) is 0 Å². The maximum absolute atomic E-state index is 9.80. The Morgan fingerprint density at radius 2 is 1.79 bits per heavy atom. The fourth-order valence-corrected chi connectivity index (χ4v) is 3.30. The lowest BCUT2D eigenvalue weighted by molar-refractivity contribution is -0.0884. The zero-order chi connectivity index (χ0) is 10.1. The van der Waals surface area contributed by atoms with Gasteiger partial charge in [-0.05, 0) is 32.1 Å². The molecular weight excluding hydrogens is 295 g/mol. The van der Waals surface area contributed by atoms with Crippen LogP contribution in [0.3, 0.4) is 0 Å². The fraction of sp³-hybridized carbons (Fsp3) is 1.00. The van der Waals surface area contributed by atoms with E-state index in [1.54, 1.807) is 0 Å². The molecule has 0 saturated carbocycles. The number of fused-ring (bicyclic) bond motifs is 2. The van der Waals surface area contributed by atoms with Gasteiger partial charge >= 0.3 is 0 Å². The molecule has 0 amide bonds. The Labute approximate surface area is 98.0 Å². The van der Waals surface area contributed by atoms with Crippen molar-refractivity contribution in [2.24, 2.45) is 0 Å². The van der Waals surface area contributed by atoms with Crippen LogP contribution in [0, 0.1) is 0 Å². The summed E-state index contributed by atoms with van der Waals surface area (Å²) >= 11 is 2.43. The molecular formula is C10H17IO3. The van der Waals surface area contributed by atoms with E-state index in [0.717, 1.165) is 19.3 Å². The summed E-state index contributed by atoms with van der Waals surface area (Å²) < 4.78 is 6.39. The summed E-state index contributed by atoms with van der Waals surface area (Å²) in [6, 6.07) is 0. The number of alkyl halides is 1. The third-order valence-electron chi connectivity index (χ3n) is 3.24. The quantitative estimate of drug-likeness (QED) is 0.523. The van der Waals surface area contributed by atoms with Crippen molar-refractivity contribution in [3.63, 3.8) is 0 Å². The number of rotatable bonds is 0. The molecule has 2 N–H and O–H groups in total. The van der Waals surface area contributed by atoms with Crippen LogP contribution in [0.5, 0.6) is 0 Å². The van der Waals surface area contributed by atoms with Gasteiger partial charge < -0.3 is 14.9 Å². The highest BCUT2D eigenvalue weighted by atomic mass is 127. The van der Waals surface area contributed by atoms with Gasteiger partial charge in [0.25, 0.3) is 0 Å². The summed E-state index contributed by atoms with van der Waals surface area (Å²) in [5, 5.41) is 19.5. The summed E-state index contributed by atoms with van der Waals surface area (Å²) in [6.07, 6.45) is 3.52. The molecule has 2 aliphatic heterocycles. The van der Waals surface area contributed by atoms with Crippen LogP contribution < -0.4 is 0 Å². The first-order chi connectivity index (χ1) is 6.68. The molecule has 0 aliphatic carbocycles. The smallest absolute Gasteiger partial charge is 0.106 e. The van der Waals surface area contributed by atoms with E-state index in [2.05, 4.69) is 22.6 Å². The standard InChI is InChI=1S/C10H17IO3/c11-6-2-1-3-9-10(13)7(12)4-5-8(6)14-9/h6-10,12-13H,1-5H2/t6-,7+,8-,9-,10-/m1/s1. The maximum atomic E-state index is 9.80. The molecule has 4 heteroatoms. The molecule has 2 saturated heterocycles. The summed E-state index contributed by atoms with van der Waals surface area (Å²) in [7, 11) is 0. The Balaban J connectivity index is 2.11. The van der Waals surface area contributed by atoms with Crippen LogP contribution >= 0.6 is 22.6 Å². The summed E-state index contributed by atoms with van der Waals surface area (Å²) in [5.41, 5.74) is 0. The van der Waals surface area contributed by atoms with Crippen molar-refractivity contribution in [1.82, 2.24) is 0 Å². The number of aliphatic hydroxyl groups is 2. The summed E-state index contributed by atoms with van der Waals surface area (Å²) in [6.45, 7) is 0. The van der Waals surface area contributed by atoms with E-state index in [4.69, 9.17) is 4.74 Å². The maximum Gasteiger partial charge on any atom is 0.106 e. The van der Waals surface area contributed by atoms with Crippen LogP contribution in [0.4, 0.5) is 0 Å². The van der Waals surface area contributed by atoms with Crippen molar-refractivity contribution in [2.75, 3.05) is 0 Å². The highest BCUT2D eigenvalue weighted by Crippen LogP contribution is 2.32. The Hall–Kier alpha value is 0.610. The highest BCUT2D eigenvalue weighted by Gasteiger charge is 2.37. The minimum atomic E-state index is -0.679. The van der Waals surface area contributed by atoms with Crippen molar-refractivity contribution < 1.29 is 14.9 Å². The second-order valence-corrected chi connectivity index (χ2v) is 5.90. The lowest BCUT2D eigenvalue weighted by Crippen LogP contribution is -2.37. The molecule has 2 aliphatic rings. The minimum Gasteiger partial charge on any atom is -0.390 e. The van der Waals surface area contributed by atoms with Gasteiger partial charge in [0, 0.05) is 3.92 Å². The van der Waals surface area contributed by atoms with E-state index in [0.29, 0.717) is 10.3 Å². The summed E-state index contributed by atoms with van der Waals surface area (Å²) in [4.78, 5) is 0. The third kappa shape index (κ3) is 2.23. The molecule has 2 fully saturated rings. The van der Waals surface area contributed by atoms with Gasteiger partial charge in [0.2, 0.25) is 0 Å². The first-order valence-electron chi connectivity index (χ1n) is 5.34. The Morgan fingerprint density at radius 1 is 1.00 bits per heavy atom. The fourth-order valence-electron chi connectivity index (χ4n) is 2.33. The zero-order valence-electron chi connectivity index (χ0n) is 8.10. The van der Waals surface area contributed by atoms with Crippen molar-refractivity contribution in [2.45, 2.75) is 60.4 Å². The highest BCUT2D eigenvalue weighted by molar-refractivity contribution is 14.1. The Bertz CT molecular complexity index is 200. The lowest BCUT2D eigenvalue weighted by atomic mass is 9.97. The Kier molecular flexibility index (Phi) is 3.68. The molecule has 5 atom stereocenters. The molecule has 2 rings (SSSR count). The van der Waals surface area contributed by atoms with Crippen LogP contribution in [0.1, 0.15) is 32.1 Å². The normalized spacial score (nSPS) is 49.5. The average Bonchev–Trinajstić information content (AvgIpc) is 2.42. The van der Waals surface area contributed by atoms with Gasteiger partial charge in [0.05, 0.1) is 18.3 Å². The van der Waals surface area contributed by atoms with Gasteiger partial charge in [-0.3, -0.25) is 0 Å². The second kappa shape index (κ2) is 4.63. The molecule has 82 valence electrons. The van der Waals surface area contributed by atoms with Gasteiger partial charge in [-0.1, -0.05) is 22.6 Å². The first-order valence-corrected chi connectivity index (χ1v) is 6.58. The number of ether oxygens (including phenoxy) is 1. The molecule has 0 aromatic carbocycles. The van der Waals surface area contributed by atoms with Gasteiger partial charge in [-0.2, -0.15) is 0 Å². The SMILES string of the molecule is O[C@@H]1[C@@H](O)CC[C@H]2O[C@@H]1CCC[C@H]2I. The Morgan fingerprint density at radius 3 is 2.57 bits per heavy atom. The van der Waals surface area contributed by atoms with E-state index >= 15 is 0 Å². The second-order valence-electron chi connectivity index (χ2n) is 4.30. The molecule has 14 heavy (non-hydrogen) atoms. The van der Waals surface area contributed by atoms with Crippen LogP contribution in [0.25, 0.3) is 0 Å². The van der Waals surface area contributed by atoms with E-state index in [-0.39, 0.29) is 12.2 Å². The number of halogens is 1. The largest absolute Gasteiger partial charge is 0.390 e. The first kappa shape index (κ1) is 11.1. The zero-order valence-corrected chi connectivity index (χ0v) is 10.3. The number of aliphatic hydroxyl groups excluding tert-OH is 2. The van der Waals surface area contributed by atoms with Crippen molar-refractivity contribution in [1.29, 1.82) is 0 Å². The van der Waals surface area contributed by atoms with E-state index in [1.165, 1.54) is 6.42 Å².